The molecule has 0 fully saturated rings. The molecule has 0 saturated carbocycles. The highest BCUT2D eigenvalue weighted by atomic mass is 35.5. The van der Waals surface area contributed by atoms with Crippen molar-refractivity contribution in [2.24, 2.45) is 0 Å². The predicted molar refractivity (Wildman–Crippen MR) is 81.0 cm³/mol. The second-order valence-electron chi connectivity index (χ2n) is 3.98. The molecule has 1 nitrogen and oxygen atoms in total. The van der Waals surface area contributed by atoms with Crippen LogP contribution in [0.3, 0.4) is 0 Å². The molecule has 0 heterocycles. The monoisotopic (exact) mass is 332 g/mol. The largest absolute Gasteiger partial charge is 0.294 e. The van der Waals surface area contributed by atoms with Crippen molar-refractivity contribution in [3.8, 4) is 0 Å². The summed E-state index contributed by atoms with van der Waals surface area (Å²) in [5.41, 5.74) is 1.31. The minimum Gasteiger partial charge on any atom is -0.294 e. The van der Waals surface area contributed by atoms with Crippen LogP contribution in [0.2, 0.25) is 20.1 Å². The van der Waals surface area contributed by atoms with Gasteiger partial charge in [0.2, 0.25) is 0 Å². The number of rotatable bonds is 3. The van der Waals surface area contributed by atoms with Gasteiger partial charge in [0.05, 0.1) is 20.1 Å². The van der Waals surface area contributed by atoms with E-state index in [9.17, 15) is 4.79 Å². The Morgan fingerprint density at radius 2 is 1.37 bits per heavy atom. The molecule has 2 aromatic carbocycles. The molecule has 5 heteroatoms. The maximum Gasteiger partial charge on any atom is 0.167 e. The Bertz CT molecular complexity index is 637. The van der Waals surface area contributed by atoms with E-state index in [4.69, 9.17) is 46.4 Å². The predicted octanol–water partition coefficient (Wildman–Crippen LogP) is 5.73. The Labute approximate surface area is 131 Å². The van der Waals surface area contributed by atoms with Gasteiger partial charge in [0.25, 0.3) is 0 Å². The van der Waals surface area contributed by atoms with Crippen molar-refractivity contribution in [1.82, 2.24) is 0 Å². The van der Waals surface area contributed by atoms with E-state index in [-0.39, 0.29) is 12.2 Å². The zero-order valence-electron chi connectivity index (χ0n) is 9.59. The summed E-state index contributed by atoms with van der Waals surface area (Å²) in [5.74, 6) is -0.0584. The van der Waals surface area contributed by atoms with E-state index in [1.807, 2.05) is 0 Å². The molecule has 0 unspecified atom stereocenters. The Morgan fingerprint density at radius 1 is 0.789 bits per heavy atom. The van der Waals surface area contributed by atoms with Gasteiger partial charge in [-0.1, -0.05) is 52.5 Å². The molecule has 19 heavy (non-hydrogen) atoms. The number of ketones is 1. The average Bonchev–Trinajstić information content (AvgIpc) is 2.37. The third kappa shape index (κ3) is 3.64. The van der Waals surface area contributed by atoms with Crippen LogP contribution in [0.5, 0.6) is 0 Å². The van der Waals surface area contributed by atoms with E-state index in [2.05, 4.69) is 0 Å². The number of benzene rings is 2. The van der Waals surface area contributed by atoms with Crippen LogP contribution in [0.15, 0.2) is 36.4 Å². The zero-order valence-corrected chi connectivity index (χ0v) is 12.6. The lowest BCUT2D eigenvalue weighted by atomic mass is 10.0. The Balaban J connectivity index is 2.20. The average molecular weight is 334 g/mol. The summed E-state index contributed by atoms with van der Waals surface area (Å²) in [5, 5.41) is 1.68. The maximum atomic E-state index is 12.1. The lowest BCUT2D eigenvalue weighted by molar-refractivity contribution is 0.0993. The first-order valence-corrected chi connectivity index (χ1v) is 6.91. The molecule has 2 aromatic rings. The van der Waals surface area contributed by atoms with Gasteiger partial charge in [-0.05, 0) is 35.9 Å². The molecule has 0 saturated heterocycles. The first kappa shape index (κ1) is 14.7. The minimum atomic E-state index is -0.0584. The summed E-state index contributed by atoms with van der Waals surface area (Å²) in [6.45, 7) is 0. The van der Waals surface area contributed by atoms with Crippen LogP contribution in [-0.4, -0.2) is 5.78 Å². The van der Waals surface area contributed by atoms with Crippen LogP contribution in [-0.2, 0) is 6.42 Å². The van der Waals surface area contributed by atoms with Crippen LogP contribution in [0.1, 0.15) is 15.9 Å². The fourth-order valence-electron chi connectivity index (χ4n) is 1.61. The van der Waals surface area contributed by atoms with Gasteiger partial charge < -0.3 is 0 Å². The molecule has 0 bridgehead atoms. The van der Waals surface area contributed by atoms with Crippen molar-refractivity contribution in [3.05, 3.63) is 67.6 Å². The fourth-order valence-corrected chi connectivity index (χ4v) is 2.23. The molecular weight excluding hydrogens is 326 g/mol. The van der Waals surface area contributed by atoms with Gasteiger partial charge in [0, 0.05) is 12.0 Å². The number of Topliss-reactive ketones (excluding diaryl/α,β-unsaturated/α-hetero) is 1. The van der Waals surface area contributed by atoms with E-state index in [1.54, 1.807) is 36.4 Å². The van der Waals surface area contributed by atoms with Crippen LogP contribution in [0.25, 0.3) is 0 Å². The molecule has 0 aliphatic rings. The summed E-state index contributed by atoms with van der Waals surface area (Å²) < 4.78 is 0. The standard InChI is InChI=1S/C14H8Cl4O/c15-10-3-1-8(5-12(10)17)6-14(19)9-2-4-11(16)13(18)7-9/h1-5,7H,6H2. The van der Waals surface area contributed by atoms with E-state index in [1.165, 1.54) is 0 Å². The molecule has 0 amide bonds. The Hall–Kier alpha value is -0.730. The molecule has 98 valence electrons. The molecule has 0 aliphatic heterocycles. The van der Waals surface area contributed by atoms with Gasteiger partial charge in [-0.3, -0.25) is 4.79 Å². The van der Waals surface area contributed by atoms with Crippen LogP contribution in [0, 0.1) is 0 Å². The van der Waals surface area contributed by atoms with Gasteiger partial charge in [-0.25, -0.2) is 0 Å². The molecule has 0 N–H and O–H groups in total. The molecule has 0 spiro atoms. The number of hydrogen-bond donors (Lipinski definition) is 0. The second-order valence-corrected chi connectivity index (χ2v) is 5.61. The fraction of sp³-hybridized carbons (Fsp3) is 0.0714. The highest BCUT2D eigenvalue weighted by Crippen LogP contribution is 2.25. The number of carbonyl (C=O) groups excluding carboxylic acids is 1. The smallest absolute Gasteiger partial charge is 0.167 e. The highest BCUT2D eigenvalue weighted by Gasteiger charge is 2.10. The SMILES string of the molecule is O=C(Cc1ccc(Cl)c(Cl)c1)c1ccc(Cl)c(Cl)c1. The summed E-state index contributed by atoms with van der Waals surface area (Å²) in [7, 11) is 0. The van der Waals surface area contributed by atoms with Gasteiger partial charge in [0.1, 0.15) is 0 Å². The number of carbonyl (C=O) groups is 1. The molecule has 0 aliphatic carbocycles. The van der Waals surface area contributed by atoms with Crippen LogP contribution >= 0.6 is 46.4 Å². The van der Waals surface area contributed by atoms with Crippen LogP contribution in [0.4, 0.5) is 0 Å². The molecule has 0 radical (unpaired) electrons. The van der Waals surface area contributed by atoms with Crippen molar-refractivity contribution in [2.75, 3.05) is 0 Å². The van der Waals surface area contributed by atoms with Crippen molar-refractivity contribution < 1.29 is 4.79 Å². The van der Waals surface area contributed by atoms with Gasteiger partial charge in [-0.2, -0.15) is 0 Å². The topological polar surface area (TPSA) is 17.1 Å². The molecule has 0 atom stereocenters. The van der Waals surface area contributed by atoms with Crippen molar-refractivity contribution >= 4 is 52.2 Å². The third-order valence-electron chi connectivity index (χ3n) is 2.59. The first-order valence-electron chi connectivity index (χ1n) is 5.39. The lowest BCUT2D eigenvalue weighted by Crippen LogP contribution is -2.03. The van der Waals surface area contributed by atoms with Crippen molar-refractivity contribution in [3.63, 3.8) is 0 Å². The lowest BCUT2D eigenvalue weighted by Gasteiger charge is -2.04. The van der Waals surface area contributed by atoms with Crippen LogP contribution < -0.4 is 0 Å². The molecular formula is C14H8Cl4O. The van der Waals surface area contributed by atoms with Crippen molar-refractivity contribution in [1.29, 1.82) is 0 Å². The van der Waals surface area contributed by atoms with Gasteiger partial charge in [-0.15, -0.1) is 0 Å². The first-order chi connectivity index (χ1) is 8.97. The van der Waals surface area contributed by atoms with Gasteiger partial charge >= 0.3 is 0 Å². The number of halogens is 4. The number of hydrogen-bond acceptors (Lipinski definition) is 1. The van der Waals surface area contributed by atoms with E-state index in [0.29, 0.717) is 25.7 Å². The highest BCUT2D eigenvalue weighted by molar-refractivity contribution is 6.42. The minimum absolute atomic E-state index is 0.0584. The zero-order chi connectivity index (χ0) is 14.0. The summed E-state index contributed by atoms with van der Waals surface area (Å²) in [6.07, 6.45) is 0.231. The van der Waals surface area contributed by atoms with E-state index >= 15 is 0 Å². The second kappa shape index (κ2) is 6.15. The molecule has 0 aromatic heterocycles. The summed E-state index contributed by atoms with van der Waals surface area (Å²) >= 11 is 23.4. The van der Waals surface area contributed by atoms with E-state index in [0.717, 1.165) is 5.56 Å². The third-order valence-corrected chi connectivity index (χ3v) is 4.07. The normalized spacial score (nSPS) is 10.5. The van der Waals surface area contributed by atoms with E-state index < -0.39 is 0 Å². The maximum absolute atomic E-state index is 12.1. The van der Waals surface area contributed by atoms with Gasteiger partial charge in [0.15, 0.2) is 5.78 Å². The Morgan fingerprint density at radius 3 is 1.95 bits per heavy atom. The molecule has 2 rings (SSSR count). The summed E-state index contributed by atoms with van der Waals surface area (Å²) in [4.78, 5) is 12.1. The quantitative estimate of drug-likeness (QED) is 0.656. The van der Waals surface area contributed by atoms with Crippen molar-refractivity contribution in [2.45, 2.75) is 6.42 Å². The Kier molecular flexibility index (Phi) is 4.75. The summed E-state index contributed by atoms with van der Waals surface area (Å²) in [6, 6.07) is 9.92.